The van der Waals surface area contributed by atoms with Crippen molar-refractivity contribution < 1.29 is 20.1 Å². The molecule has 0 aromatic carbocycles. The fraction of sp³-hybridized carbons (Fsp3) is 0.667. The van der Waals surface area contributed by atoms with Crippen molar-refractivity contribution in [1.29, 1.82) is 0 Å². The van der Waals surface area contributed by atoms with Crippen LogP contribution in [0.5, 0.6) is 0 Å². The maximum Gasteiger partial charge on any atom is 0.328 e. The number of hydrogen-bond donors (Lipinski definition) is 3. The van der Waals surface area contributed by atoms with Gasteiger partial charge in [0.25, 0.3) is 0 Å². The number of carboxylic acid groups (broad SMARTS) is 1. The minimum absolute atomic E-state index is 0.524. The summed E-state index contributed by atoms with van der Waals surface area (Å²) in [4.78, 5) is 10.4. The van der Waals surface area contributed by atoms with E-state index in [9.17, 15) is 15.0 Å². The summed E-state index contributed by atoms with van der Waals surface area (Å²) in [5.74, 6) is -0.911. The van der Waals surface area contributed by atoms with E-state index >= 15 is 0 Å². The molecule has 0 saturated carbocycles. The minimum atomic E-state index is -1.07. The average molecular weight is 270 g/mol. The molecular formula is C15H26O4. The maximum absolute atomic E-state index is 10.4. The standard InChI is InChI=1S/C15H26O4/c1-11(8-9-13(16)15(3,4)19)6-5-7-12(2)10-14(17)18/h6,10,13,16,19H,5,7-9H2,1-4H3,(H,17,18)/t13-/m1/s1. The topological polar surface area (TPSA) is 77.8 Å². The first kappa shape index (κ1) is 17.9. The summed E-state index contributed by atoms with van der Waals surface area (Å²) in [5, 5.41) is 27.9. The molecule has 0 aromatic rings. The van der Waals surface area contributed by atoms with Gasteiger partial charge >= 0.3 is 5.97 Å². The molecule has 0 saturated heterocycles. The highest BCUT2D eigenvalue weighted by atomic mass is 16.4. The predicted molar refractivity (Wildman–Crippen MR) is 75.9 cm³/mol. The first-order valence-corrected chi connectivity index (χ1v) is 6.59. The van der Waals surface area contributed by atoms with Crippen molar-refractivity contribution >= 4 is 5.97 Å². The summed E-state index contributed by atoms with van der Waals surface area (Å²) >= 11 is 0. The van der Waals surface area contributed by atoms with E-state index < -0.39 is 17.7 Å². The van der Waals surface area contributed by atoms with Crippen LogP contribution in [0.3, 0.4) is 0 Å². The number of aliphatic carboxylic acids is 1. The third-order valence-electron chi connectivity index (χ3n) is 3.03. The summed E-state index contributed by atoms with van der Waals surface area (Å²) in [6.45, 7) is 6.97. The Labute approximate surface area is 115 Å². The lowest BCUT2D eigenvalue weighted by Crippen LogP contribution is -2.35. The van der Waals surface area contributed by atoms with Crippen molar-refractivity contribution in [2.45, 2.75) is 65.1 Å². The van der Waals surface area contributed by atoms with Crippen LogP contribution < -0.4 is 0 Å². The number of allylic oxidation sites excluding steroid dienone is 3. The molecule has 110 valence electrons. The molecule has 0 heterocycles. The van der Waals surface area contributed by atoms with Gasteiger partial charge in [-0.25, -0.2) is 4.79 Å². The largest absolute Gasteiger partial charge is 0.478 e. The van der Waals surface area contributed by atoms with E-state index in [2.05, 4.69) is 6.08 Å². The molecule has 0 aliphatic heterocycles. The molecule has 0 unspecified atom stereocenters. The van der Waals surface area contributed by atoms with E-state index in [0.29, 0.717) is 6.42 Å². The van der Waals surface area contributed by atoms with Gasteiger partial charge < -0.3 is 15.3 Å². The highest BCUT2D eigenvalue weighted by Crippen LogP contribution is 2.17. The Morgan fingerprint density at radius 3 is 2.26 bits per heavy atom. The van der Waals surface area contributed by atoms with Gasteiger partial charge in [-0.3, -0.25) is 0 Å². The molecule has 0 aliphatic rings. The Balaban J connectivity index is 4.06. The molecule has 0 bridgehead atoms. The molecule has 0 radical (unpaired) electrons. The fourth-order valence-electron chi connectivity index (χ4n) is 1.65. The van der Waals surface area contributed by atoms with Gasteiger partial charge in [0.1, 0.15) is 0 Å². The lowest BCUT2D eigenvalue weighted by molar-refractivity contribution is -0.131. The molecule has 1 atom stereocenters. The van der Waals surface area contributed by atoms with Crippen LogP contribution in [-0.4, -0.2) is 33.0 Å². The molecule has 0 aliphatic carbocycles. The third kappa shape index (κ3) is 9.45. The Morgan fingerprint density at radius 2 is 1.79 bits per heavy atom. The van der Waals surface area contributed by atoms with Crippen LogP contribution >= 0.6 is 0 Å². The zero-order valence-corrected chi connectivity index (χ0v) is 12.3. The Bertz CT molecular complexity index is 348. The van der Waals surface area contributed by atoms with Crippen molar-refractivity contribution in [3.63, 3.8) is 0 Å². The Hall–Kier alpha value is -1.13. The highest BCUT2D eigenvalue weighted by Gasteiger charge is 2.23. The monoisotopic (exact) mass is 270 g/mol. The molecule has 0 spiro atoms. The van der Waals surface area contributed by atoms with Gasteiger partial charge in [-0.1, -0.05) is 17.2 Å². The fourth-order valence-corrected chi connectivity index (χ4v) is 1.65. The van der Waals surface area contributed by atoms with E-state index in [1.807, 2.05) is 6.92 Å². The van der Waals surface area contributed by atoms with Gasteiger partial charge in [0.15, 0.2) is 0 Å². The van der Waals surface area contributed by atoms with E-state index in [1.165, 1.54) is 6.08 Å². The normalized spacial score (nSPS) is 15.5. The quantitative estimate of drug-likeness (QED) is 0.468. The number of hydrogen-bond acceptors (Lipinski definition) is 3. The minimum Gasteiger partial charge on any atom is -0.478 e. The molecular weight excluding hydrogens is 244 g/mol. The molecule has 0 fully saturated rings. The lowest BCUT2D eigenvalue weighted by Gasteiger charge is -2.24. The van der Waals surface area contributed by atoms with Crippen molar-refractivity contribution in [3.05, 3.63) is 23.3 Å². The lowest BCUT2D eigenvalue weighted by atomic mass is 9.95. The van der Waals surface area contributed by atoms with Gasteiger partial charge in [-0.05, 0) is 53.4 Å². The van der Waals surface area contributed by atoms with Gasteiger partial charge in [0, 0.05) is 6.08 Å². The van der Waals surface area contributed by atoms with Crippen LogP contribution in [0.2, 0.25) is 0 Å². The number of carbonyl (C=O) groups is 1. The first-order valence-electron chi connectivity index (χ1n) is 6.59. The zero-order valence-electron chi connectivity index (χ0n) is 12.3. The van der Waals surface area contributed by atoms with E-state index in [4.69, 9.17) is 5.11 Å². The molecule has 0 rings (SSSR count). The van der Waals surface area contributed by atoms with Crippen LogP contribution in [0.1, 0.15) is 53.4 Å². The van der Waals surface area contributed by atoms with Gasteiger partial charge in [-0.2, -0.15) is 0 Å². The van der Waals surface area contributed by atoms with Crippen molar-refractivity contribution in [1.82, 2.24) is 0 Å². The molecule has 3 N–H and O–H groups in total. The second-order valence-corrected chi connectivity index (χ2v) is 5.63. The summed E-state index contributed by atoms with van der Waals surface area (Å²) in [7, 11) is 0. The van der Waals surface area contributed by atoms with Crippen LogP contribution in [0, 0.1) is 0 Å². The summed E-state index contributed by atoms with van der Waals surface area (Å²) in [6.07, 6.45) is 5.31. The van der Waals surface area contributed by atoms with Gasteiger partial charge in [0.05, 0.1) is 11.7 Å². The number of aliphatic hydroxyl groups excluding tert-OH is 1. The van der Waals surface area contributed by atoms with Crippen LogP contribution in [0.25, 0.3) is 0 Å². The van der Waals surface area contributed by atoms with E-state index in [-0.39, 0.29) is 0 Å². The van der Waals surface area contributed by atoms with Crippen LogP contribution in [0.15, 0.2) is 23.3 Å². The van der Waals surface area contributed by atoms with E-state index in [1.54, 1.807) is 20.8 Å². The summed E-state index contributed by atoms with van der Waals surface area (Å²) in [5.41, 5.74) is 0.917. The van der Waals surface area contributed by atoms with Crippen LogP contribution in [-0.2, 0) is 4.79 Å². The van der Waals surface area contributed by atoms with Gasteiger partial charge in [0.2, 0.25) is 0 Å². The SMILES string of the molecule is CC(=CC(=O)O)CCC=C(C)CC[C@@H](O)C(C)(C)O. The first-order chi connectivity index (χ1) is 8.62. The Kier molecular flexibility index (Phi) is 7.64. The third-order valence-corrected chi connectivity index (χ3v) is 3.03. The number of carboxylic acids is 1. The van der Waals surface area contributed by atoms with Crippen molar-refractivity contribution in [3.8, 4) is 0 Å². The average Bonchev–Trinajstić information content (AvgIpc) is 2.23. The molecule has 4 heteroatoms. The second kappa shape index (κ2) is 8.12. The van der Waals surface area contributed by atoms with E-state index in [0.717, 1.165) is 30.4 Å². The molecule has 4 nitrogen and oxygen atoms in total. The van der Waals surface area contributed by atoms with Crippen LogP contribution in [0.4, 0.5) is 0 Å². The summed E-state index contributed by atoms with van der Waals surface area (Å²) in [6, 6.07) is 0. The molecule has 0 aromatic heterocycles. The molecule has 19 heavy (non-hydrogen) atoms. The highest BCUT2D eigenvalue weighted by molar-refractivity contribution is 5.80. The predicted octanol–water partition coefficient (Wildman–Crippen LogP) is 2.66. The maximum atomic E-state index is 10.4. The number of rotatable bonds is 8. The smallest absolute Gasteiger partial charge is 0.328 e. The number of aliphatic hydroxyl groups is 2. The van der Waals surface area contributed by atoms with Crippen molar-refractivity contribution in [2.75, 3.05) is 0 Å². The summed E-state index contributed by atoms with van der Waals surface area (Å²) < 4.78 is 0. The van der Waals surface area contributed by atoms with Gasteiger partial charge in [-0.15, -0.1) is 0 Å². The Morgan fingerprint density at radius 1 is 1.21 bits per heavy atom. The second-order valence-electron chi connectivity index (χ2n) is 5.63. The zero-order chi connectivity index (χ0) is 15.1. The van der Waals surface area contributed by atoms with Crippen molar-refractivity contribution in [2.24, 2.45) is 0 Å². The molecule has 0 amide bonds.